The molecule has 0 heterocycles. The largest absolute Gasteiger partial charge is 0.444 e. The average molecular weight is 363 g/mol. The molecule has 0 aromatic heterocycles. The molecule has 0 aromatic rings. The van der Waals surface area contributed by atoms with Gasteiger partial charge in [-0.1, -0.05) is 28.8 Å². The fourth-order valence-corrected chi connectivity index (χ4v) is 2.99. The minimum Gasteiger partial charge on any atom is -0.444 e. The smallest absolute Gasteiger partial charge is 0.407 e. The van der Waals surface area contributed by atoms with Crippen molar-refractivity contribution in [2.24, 2.45) is 0 Å². The van der Waals surface area contributed by atoms with Gasteiger partial charge in [-0.3, -0.25) is 4.79 Å². The van der Waals surface area contributed by atoms with Crippen LogP contribution in [0.4, 0.5) is 4.79 Å². The topological polar surface area (TPSA) is 58.6 Å². The molecule has 5 nitrogen and oxygen atoms in total. The zero-order chi connectivity index (χ0) is 16.0. The maximum absolute atomic E-state index is 12.1. The van der Waals surface area contributed by atoms with E-state index in [1.54, 1.807) is 0 Å². The lowest BCUT2D eigenvalue weighted by molar-refractivity contribution is -0.132. The Balaban J connectivity index is 2.54. The van der Waals surface area contributed by atoms with E-state index in [2.05, 4.69) is 21.2 Å². The Labute approximate surface area is 135 Å². The minimum absolute atomic E-state index is 0.0364. The SMILES string of the molecule is CC(CNC(=O)OC(C)(C)C)N(C(=O)CBr)C1CCCC1. The number of amides is 2. The number of alkyl carbamates (subject to hydrolysis) is 1. The summed E-state index contributed by atoms with van der Waals surface area (Å²) >= 11 is 3.25. The van der Waals surface area contributed by atoms with Gasteiger partial charge in [-0.05, 0) is 40.5 Å². The van der Waals surface area contributed by atoms with E-state index >= 15 is 0 Å². The van der Waals surface area contributed by atoms with Crippen LogP contribution in [-0.2, 0) is 9.53 Å². The summed E-state index contributed by atoms with van der Waals surface area (Å²) in [5, 5.41) is 3.07. The Morgan fingerprint density at radius 2 is 1.90 bits per heavy atom. The molecule has 0 aliphatic heterocycles. The van der Waals surface area contributed by atoms with Gasteiger partial charge >= 0.3 is 6.09 Å². The Kier molecular flexibility index (Phi) is 6.97. The molecule has 2 amide bonds. The third-order valence-electron chi connectivity index (χ3n) is 3.54. The van der Waals surface area contributed by atoms with Gasteiger partial charge in [0.05, 0.1) is 5.33 Å². The lowest BCUT2D eigenvalue weighted by Crippen LogP contribution is -2.50. The zero-order valence-electron chi connectivity index (χ0n) is 13.4. The summed E-state index contributed by atoms with van der Waals surface area (Å²) in [5.74, 6) is 0.0837. The number of nitrogens with zero attached hydrogens (tertiary/aromatic N) is 1. The van der Waals surface area contributed by atoms with E-state index in [0.29, 0.717) is 17.9 Å². The summed E-state index contributed by atoms with van der Waals surface area (Å²) in [4.78, 5) is 25.8. The van der Waals surface area contributed by atoms with Crippen LogP contribution in [0.3, 0.4) is 0 Å². The number of rotatable bonds is 5. The van der Waals surface area contributed by atoms with Crippen LogP contribution in [0.15, 0.2) is 0 Å². The van der Waals surface area contributed by atoms with E-state index in [9.17, 15) is 9.59 Å². The first-order chi connectivity index (χ1) is 9.74. The number of hydrogen-bond donors (Lipinski definition) is 1. The first-order valence-corrected chi connectivity index (χ1v) is 8.70. The molecule has 1 aliphatic carbocycles. The summed E-state index contributed by atoms with van der Waals surface area (Å²) in [6.45, 7) is 7.86. The zero-order valence-corrected chi connectivity index (χ0v) is 15.0. The molecule has 1 N–H and O–H groups in total. The molecular weight excluding hydrogens is 336 g/mol. The van der Waals surface area contributed by atoms with Crippen molar-refractivity contribution >= 4 is 27.9 Å². The van der Waals surface area contributed by atoms with Crippen molar-refractivity contribution in [2.45, 2.75) is 71.1 Å². The van der Waals surface area contributed by atoms with E-state index in [1.165, 1.54) is 12.8 Å². The van der Waals surface area contributed by atoms with E-state index < -0.39 is 11.7 Å². The van der Waals surface area contributed by atoms with Gasteiger partial charge in [0.1, 0.15) is 5.60 Å². The monoisotopic (exact) mass is 362 g/mol. The molecule has 1 rings (SSSR count). The van der Waals surface area contributed by atoms with E-state index in [4.69, 9.17) is 4.74 Å². The van der Waals surface area contributed by atoms with Gasteiger partial charge in [0.15, 0.2) is 0 Å². The molecule has 1 aliphatic rings. The first-order valence-electron chi connectivity index (χ1n) is 7.58. The second kappa shape index (κ2) is 8.01. The van der Waals surface area contributed by atoms with Crippen LogP contribution < -0.4 is 5.32 Å². The van der Waals surface area contributed by atoms with Crippen molar-refractivity contribution in [3.63, 3.8) is 0 Å². The van der Waals surface area contributed by atoms with E-state index in [0.717, 1.165) is 12.8 Å². The number of carbonyl (C=O) groups is 2. The average Bonchev–Trinajstić information content (AvgIpc) is 2.88. The maximum atomic E-state index is 12.1. The van der Waals surface area contributed by atoms with Crippen LogP contribution in [0.1, 0.15) is 53.4 Å². The van der Waals surface area contributed by atoms with Gasteiger partial charge in [0.2, 0.25) is 5.91 Å². The van der Waals surface area contributed by atoms with Gasteiger partial charge in [-0.25, -0.2) is 4.79 Å². The maximum Gasteiger partial charge on any atom is 0.407 e. The molecule has 0 saturated heterocycles. The highest BCUT2D eigenvalue weighted by molar-refractivity contribution is 9.09. The van der Waals surface area contributed by atoms with Crippen molar-refractivity contribution in [2.75, 3.05) is 11.9 Å². The molecule has 1 atom stereocenters. The number of carbonyl (C=O) groups excluding carboxylic acids is 2. The van der Waals surface area contributed by atoms with Crippen molar-refractivity contribution in [3.05, 3.63) is 0 Å². The molecule has 1 saturated carbocycles. The minimum atomic E-state index is -0.510. The van der Waals surface area contributed by atoms with Crippen molar-refractivity contribution in [1.82, 2.24) is 10.2 Å². The third-order valence-corrected chi connectivity index (χ3v) is 4.02. The van der Waals surface area contributed by atoms with Gasteiger partial charge in [-0.15, -0.1) is 0 Å². The van der Waals surface area contributed by atoms with Crippen LogP contribution in [0.5, 0.6) is 0 Å². The number of nitrogens with one attached hydrogen (secondary N) is 1. The van der Waals surface area contributed by atoms with E-state index in [-0.39, 0.29) is 11.9 Å². The summed E-state index contributed by atoms with van der Waals surface area (Å²) in [5.41, 5.74) is -0.510. The fraction of sp³-hybridized carbons (Fsp3) is 0.867. The lowest BCUT2D eigenvalue weighted by Gasteiger charge is -2.34. The standard InChI is InChI=1S/C15H27BrN2O3/c1-11(10-17-14(20)21-15(2,3)4)18(13(19)9-16)12-7-5-6-8-12/h11-12H,5-10H2,1-4H3,(H,17,20). The third kappa shape index (κ3) is 6.24. The molecule has 21 heavy (non-hydrogen) atoms. The van der Waals surface area contributed by atoms with Crippen LogP contribution in [0.25, 0.3) is 0 Å². The normalized spacial score (nSPS) is 17.4. The van der Waals surface area contributed by atoms with Gasteiger partial charge in [0, 0.05) is 18.6 Å². The predicted octanol–water partition coefficient (Wildman–Crippen LogP) is 3.07. The second-order valence-electron chi connectivity index (χ2n) is 6.60. The molecule has 0 aromatic carbocycles. The lowest BCUT2D eigenvalue weighted by atomic mass is 10.1. The van der Waals surface area contributed by atoms with Crippen LogP contribution in [0.2, 0.25) is 0 Å². The highest BCUT2D eigenvalue weighted by atomic mass is 79.9. The molecule has 0 bridgehead atoms. The molecular formula is C15H27BrN2O3. The number of hydrogen-bond acceptors (Lipinski definition) is 3. The number of alkyl halides is 1. The fourth-order valence-electron chi connectivity index (χ4n) is 2.70. The summed E-state index contributed by atoms with van der Waals surface area (Å²) in [6, 6.07) is 0.260. The summed E-state index contributed by atoms with van der Waals surface area (Å²) in [7, 11) is 0. The van der Waals surface area contributed by atoms with Crippen molar-refractivity contribution in [3.8, 4) is 0 Å². The van der Waals surface area contributed by atoms with Crippen molar-refractivity contribution in [1.29, 1.82) is 0 Å². The van der Waals surface area contributed by atoms with Crippen LogP contribution in [0, 0.1) is 0 Å². The summed E-state index contributed by atoms with van der Waals surface area (Å²) < 4.78 is 5.22. The van der Waals surface area contributed by atoms with E-state index in [1.807, 2.05) is 32.6 Å². The molecule has 0 spiro atoms. The van der Waals surface area contributed by atoms with Gasteiger partial charge < -0.3 is 15.0 Å². The molecule has 1 fully saturated rings. The Morgan fingerprint density at radius 3 is 2.38 bits per heavy atom. The Bertz CT molecular complexity index is 362. The first kappa shape index (κ1) is 18.3. The molecule has 1 unspecified atom stereocenters. The van der Waals surface area contributed by atoms with Gasteiger partial charge in [0.25, 0.3) is 0 Å². The number of ether oxygens (including phenoxy) is 1. The molecule has 122 valence electrons. The highest BCUT2D eigenvalue weighted by Crippen LogP contribution is 2.25. The van der Waals surface area contributed by atoms with Crippen LogP contribution in [-0.4, -0.2) is 46.5 Å². The Hall–Kier alpha value is -0.780. The second-order valence-corrected chi connectivity index (χ2v) is 7.17. The van der Waals surface area contributed by atoms with Crippen molar-refractivity contribution < 1.29 is 14.3 Å². The quantitative estimate of drug-likeness (QED) is 0.764. The van der Waals surface area contributed by atoms with Crippen LogP contribution >= 0.6 is 15.9 Å². The Morgan fingerprint density at radius 1 is 1.33 bits per heavy atom. The van der Waals surface area contributed by atoms with Gasteiger partial charge in [-0.2, -0.15) is 0 Å². The predicted molar refractivity (Wildman–Crippen MR) is 86.6 cm³/mol. The summed E-state index contributed by atoms with van der Waals surface area (Å²) in [6.07, 6.45) is 4.00. The number of halogens is 1. The highest BCUT2D eigenvalue weighted by Gasteiger charge is 2.30. The molecule has 0 radical (unpaired) electrons. The molecule has 6 heteroatoms.